The van der Waals surface area contributed by atoms with E-state index >= 15 is 0 Å². The lowest BCUT2D eigenvalue weighted by molar-refractivity contribution is 0.531. The van der Waals surface area contributed by atoms with Gasteiger partial charge in [0.1, 0.15) is 0 Å². The number of hydrogen-bond acceptors (Lipinski definition) is 3. The van der Waals surface area contributed by atoms with E-state index in [2.05, 4.69) is 23.3 Å². The van der Waals surface area contributed by atoms with Crippen molar-refractivity contribution in [1.29, 1.82) is 0 Å². The summed E-state index contributed by atoms with van der Waals surface area (Å²) in [4.78, 5) is 12.2. The molecule has 0 aliphatic carbocycles. The van der Waals surface area contributed by atoms with E-state index < -0.39 is 5.54 Å². The number of nitrogens with zero attached hydrogens (tertiary/aromatic N) is 2. The molecular formula is C16H21N3O. The van der Waals surface area contributed by atoms with Gasteiger partial charge in [-0.1, -0.05) is 17.7 Å². The molecule has 0 radical (unpaired) electrons. The van der Waals surface area contributed by atoms with Crippen molar-refractivity contribution in [1.82, 2.24) is 9.78 Å². The lowest BCUT2D eigenvalue weighted by Gasteiger charge is -2.20. The van der Waals surface area contributed by atoms with E-state index in [1.54, 1.807) is 7.05 Å². The van der Waals surface area contributed by atoms with Crippen molar-refractivity contribution >= 4 is 0 Å². The van der Waals surface area contributed by atoms with E-state index in [9.17, 15) is 4.79 Å². The van der Waals surface area contributed by atoms with E-state index in [1.165, 1.54) is 4.68 Å². The molecule has 0 bridgehead atoms. The maximum absolute atomic E-state index is 12.2. The minimum Gasteiger partial charge on any atom is -0.322 e. The average Bonchev–Trinajstić information content (AvgIpc) is 2.34. The van der Waals surface area contributed by atoms with Crippen LogP contribution in [0.15, 0.2) is 29.1 Å². The molecule has 1 aromatic carbocycles. The Balaban J connectivity index is 2.74. The van der Waals surface area contributed by atoms with Gasteiger partial charge < -0.3 is 5.73 Å². The molecule has 1 heterocycles. The molecule has 20 heavy (non-hydrogen) atoms. The highest BCUT2D eigenvalue weighted by Crippen LogP contribution is 2.24. The maximum atomic E-state index is 12.2. The summed E-state index contributed by atoms with van der Waals surface area (Å²) < 4.78 is 1.36. The highest BCUT2D eigenvalue weighted by Gasteiger charge is 2.21. The van der Waals surface area contributed by atoms with Crippen LogP contribution in [0.1, 0.15) is 30.5 Å². The molecule has 2 N–H and O–H groups in total. The molecule has 0 saturated carbocycles. The molecule has 0 amide bonds. The second kappa shape index (κ2) is 4.87. The standard InChI is InChI=1S/C16H21N3O/c1-10-6-7-11(2)12(8-10)14-9-13(16(3,4)17)15(20)19(5)18-14/h6-9H,17H2,1-5H3. The average molecular weight is 271 g/mol. The Morgan fingerprint density at radius 1 is 1.20 bits per heavy atom. The van der Waals surface area contributed by atoms with Gasteiger partial charge in [-0.25, -0.2) is 4.68 Å². The Hall–Kier alpha value is -1.94. The van der Waals surface area contributed by atoms with Gasteiger partial charge >= 0.3 is 0 Å². The van der Waals surface area contributed by atoms with Crippen LogP contribution in [-0.4, -0.2) is 9.78 Å². The first-order valence-electron chi connectivity index (χ1n) is 6.65. The van der Waals surface area contributed by atoms with Gasteiger partial charge in [0, 0.05) is 23.7 Å². The molecule has 4 heteroatoms. The number of rotatable bonds is 2. The third kappa shape index (κ3) is 2.65. The van der Waals surface area contributed by atoms with E-state index in [4.69, 9.17) is 5.73 Å². The zero-order valence-corrected chi connectivity index (χ0v) is 12.7. The number of benzene rings is 1. The van der Waals surface area contributed by atoms with Crippen LogP contribution in [0.2, 0.25) is 0 Å². The SMILES string of the molecule is Cc1ccc(C)c(-c2cc(C(C)(C)N)c(=O)n(C)n2)c1. The highest BCUT2D eigenvalue weighted by atomic mass is 16.1. The molecule has 106 valence electrons. The molecule has 2 rings (SSSR count). The van der Waals surface area contributed by atoms with E-state index in [0.29, 0.717) is 5.56 Å². The summed E-state index contributed by atoms with van der Waals surface area (Å²) in [5.74, 6) is 0. The van der Waals surface area contributed by atoms with Crippen molar-refractivity contribution in [3.8, 4) is 11.3 Å². The minimum atomic E-state index is -0.690. The first-order valence-corrected chi connectivity index (χ1v) is 6.65. The third-order valence-corrected chi connectivity index (χ3v) is 3.43. The molecule has 0 aliphatic heterocycles. The number of aryl methyl sites for hydroxylation is 3. The Bertz CT molecular complexity index is 709. The quantitative estimate of drug-likeness (QED) is 0.911. The van der Waals surface area contributed by atoms with Crippen LogP contribution < -0.4 is 11.3 Å². The molecule has 0 unspecified atom stereocenters. The second-order valence-electron chi connectivity index (χ2n) is 5.91. The monoisotopic (exact) mass is 271 g/mol. The molecule has 4 nitrogen and oxygen atoms in total. The van der Waals surface area contributed by atoms with Gasteiger partial charge in [-0.15, -0.1) is 0 Å². The predicted octanol–water partition coefficient (Wildman–Crippen LogP) is 2.26. The first-order chi connectivity index (χ1) is 9.20. The van der Waals surface area contributed by atoms with Gasteiger partial charge in [0.15, 0.2) is 0 Å². The summed E-state index contributed by atoms with van der Waals surface area (Å²) in [5, 5.41) is 4.37. The van der Waals surface area contributed by atoms with Gasteiger partial charge in [-0.3, -0.25) is 4.79 Å². The molecule has 0 spiro atoms. The fourth-order valence-corrected chi connectivity index (χ4v) is 2.21. The summed E-state index contributed by atoms with van der Waals surface area (Å²) in [6.45, 7) is 7.74. The molecule has 1 aromatic heterocycles. The van der Waals surface area contributed by atoms with Crippen LogP contribution in [-0.2, 0) is 12.6 Å². The Morgan fingerprint density at radius 2 is 1.85 bits per heavy atom. The largest absolute Gasteiger partial charge is 0.322 e. The Labute approximate surface area is 119 Å². The van der Waals surface area contributed by atoms with Crippen LogP contribution in [0.25, 0.3) is 11.3 Å². The summed E-state index contributed by atoms with van der Waals surface area (Å²) >= 11 is 0. The Morgan fingerprint density at radius 3 is 2.45 bits per heavy atom. The Kier molecular flexibility index (Phi) is 3.52. The smallest absolute Gasteiger partial charge is 0.271 e. The van der Waals surface area contributed by atoms with Crippen LogP contribution in [0.4, 0.5) is 0 Å². The third-order valence-electron chi connectivity index (χ3n) is 3.43. The molecule has 0 saturated heterocycles. The van der Waals surface area contributed by atoms with Gasteiger partial charge in [-0.05, 0) is 45.4 Å². The molecule has 0 atom stereocenters. The molecular weight excluding hydrogens is 250 g/mol. The normalized spacial score (nSPS) is 11.7. The summed E-state index contributed by atoms with van der Waals surface area (Å²) in [5.41, 5.74) is 9.94. The van der Waals surface area contributed by atoms with Crippen LogP contribution >= 0.6 is 0 Å². The van der Waals surface area contributed by atoms with Crippen LogP contribution in [0.3, 0.4) is 0 Å². The summed E-state index contributed by atoms with van der Waals surface area (Å²) in [6.07, 6.45) is 0. The minimum absolute atomic E-state index is 0.147. The van der Waals surface area contributed by atoms with Crippen molar-refractivity contribution in [2.45, 2.75) is 33.2 Å². The van der Waals surface area contributed by atoms with E-state index in [0.717, 1.165) is 22.4 Å². The van der Waals surface area contributed by atoms with Crippen molar-refractivity contribution in [2.75, 3.05) is 0 Å². The van der Waals surface area contributed by atoms with Gasteiger partial charge in [-0.2, -0.15) is 5.10 Å². The van der Waals surface area contributed by atoms with Gasteiger partial charge in [0.2, 0.25) is 0 Å². The van der Waals surface area contributed by atoms with Crippen molar-refractivity contribution in [2.24, 2.45) is 12.8 Å². The molecule has 0 aliphatic rings. The van der Waals surface area contributed by atoms with Crippen molar-refractivity contribution < 1.29 is 0 Å². The summed E-state index contributed by atoms with van der Waals surface area (Å²) in [6, 6.07) is 8.01. The zero-order valence-electron chi connectivity index (χ0n) is 12.7. The van der Waals surface area contributed by atoms with E-state index in [1.807, 2.05) is 33.8 Å². The van der Waals surface area contributed by atoms with E-state index in [-0.39, 0.29) is 5.56 Å². The number of aromatic nitrogens is 2. The van der Waals surface area contributed by atoms with Gasteiger partial charge in [0.05, 0.1) is 5.69 Å². The molecule has 2 aromatic rings. The van der Waals surface area contributed by atoms with Crippen molar-refractivity contribution in [3.05, 3.63) is 51.3 Å². The molecule has 0 fully saturated rings. The number of hydrogen-bond donors (Lipinski definition) is 1. The van der Waals surface area contributed by atoms with Gasteiger partial charge in [0.25, 0.3) is 5.56 Å². The number of nitrogens with two attached hydrogens (primary N) is 1. The second-order valence-corrected chi connectivity index (χ2v) is 5.91. The first kappa shape index (κ1) is 14.5. The lowest BCUT2D eigenvalue weighted by atomic mass is 9.94. The lowest BCUT2D eigenvalue weighted by Crippen LogP contribution is -2.38. The fraction of sp³-hybridized carbons (Fsp3) is 0.375. The van der Waals surface area contributed by atoms with Crippen LogP contribution in [0, 0.1) is 13.8 Å². The summed E-state index contributed by atoms with van der Waals surface area (Å²) in [7, 11) is 1.66. The fourth-order valence-electron chi connectivity index (χ4n) is 2.21. The maximum Gasteiger partial charge on any atom is 0.271 e. The predicted molar refractivity (Wildman–Crippen MR) is 81.6 cm³/mol. The van der Waals surface area contributed by atoms with Crippen LogP contribution in [0.5, 0.6) is 0 Å². The van der Waals surface area contributed by atoms with Crippen molar-refractivity contribution in [3.63, 3.8) is 0 Å². The highest BCUT2D eigenvalue weighted by molar-refractivity contribution is 5.64. The topological polar surface area (TPSA) is 60.9 Å². The zero-order chi connectivity index (χ0) is 15.1.